The van der Waals surface area contributed by atoms with E-state index in [-0.39, 0.29) is 24.0 Å². The average Bonchev–Trinajstić information content (AvgIpc) is 3.37. The van der Waals surface area contributed by atoms with Crippen LogP contribution in [0.1, 0.15) is 81.1 Å². The van der Waals surface area contributed by atoms with E-state index in [9.17, 15) is 14.0 Å². The molecular weight excluding hydrogens is 525 g/mol. The van der Waals surface area contributed by atoms with Gasteiger partial charge >= 0.3 is 6.09 Å². The predicted molar refractivity (Wildman–Crippen MR) is 154 cm³/mol. The normalized spacial score (nSPS) is 20.8. The van der Waals surface area contributed by atoms with Crippen LogP contribution in [0.15, 0.2) is 27.5 Å². The van der Waals surface area contributed by atoms with Crippen LogP contribution < -0.4 is 10.9 Å². The van der Waals surface area contributed by atoms with Crippen molar-refractivity contribution in [3.05, 3.63) is 57.1 Å². The molecule has 1 aromatic carbocycles. The Morgan fingerprint density at radius 2 is 2.07 bits per heavy atom. The number of fused-ring (bicyclic) bond motifs is 2. The molecule has 9 nitrogen and oxygen atoms in total. The molecule has 0 bridgehead atoms. The Kier molecular flexibility index (Phi) is 9.06. The zero-order valence-electron chi connectivity index (χ0n) is 24.6. The van der Waals surface area contributed by atoms with Crippen molar-refractivity contribution in [3.8, 4) is 0 Å². The molecule has 2 aromatic heterocycles. The lowest BCUT2D eigenvalue weighted by Gasteiger charge is -2.42. The number of nitrogens with one attached hydrogen (secondary N) is 1. The first-order valence-corrected chi connectivity index (χ1v) is 15.1. The van der Waals surface area contributed by atoms with Gasteiger partial charge in [0.1, 0.15) is 11.6 Å². The second-order valence-electron chi connectivity index (χ2n) is 12.3. The van der Waals surface area contributed by atoms with Gasteiger partial charge in [-0.3, -0.25) is 13.8 Å². The molecule has 3 aromatic rings. The molecule has 1 saturated heterocycles. The molecule has 41 heavy (non-hydrogen) atoms. The third kappa shape index (κ3) is 6.80. The molecule has 10 heteroatoms. The lowest BCUT2D eigenvalue weighted by Crippen LogP contribution is -2.56. The summed E-state index contributed by atoms with van der Waals surface area (Å²) in [6.07, 6.45) is 6.70. The number of carbonyl (C=O) groups is 1. The average molecular weight is 569 g/mol. The van der Waals surface area contributed by atoms with E-state index in [1.807, 2.05) is 11.5 Å². The highest BCUT2D eigenvalue weighted by Gasteiger charge is 2.37. The number of hydrogen-bond donors (Lipinski definition) is 1. The Balaban J connectivity index is 1.29. The Hall–Kier alpha value is -3.27. The number of quaternary nitrogens is 1. The summed E-state index contributed by atoms with van der Waals surface area (Å²) in [5, 5.41) is 8.03. The summed E-state index contributed by atoms with van der Waals surface area (Å²) < 4.78 is 27.3. The summed E-state index contributed by atoms with van der Waals surface area (Å²) in [6, 6.07) is 4.54. The number of halogens is 1. The highest BCUT2D eigenvalue weighted by Crippen LogP contribution is 2.35. The molecule has 222 valence electrons. The largest absolute Gasteiger partial charge is 0.411 e. The van der Waals surface area contributed by atoms with Crippen molar-refractivity contribution < 1.29 is 22.9 Å². The second-order valence-corrected chi connectivity index (χ2v) is 12.3. The molecular formula is C31H43FN5O4+. The maximum atomic E-state index is 13.7. The fourth-order valence-electron chi connectivity index (χ4n) is 6.35. The molecule has 0 radical (unpaired) electrons. The van der Waals surface area contributed by atoms with Crippen molar-refractivity contribution in [2.45, 2.75) is 84.6 Å². The van der Waals surface area contributed by atoms with Crippen molar-refractivity contribution in [1.29, 1.82) is 0 Å². The van der Waals surface area contributed by atoms with Crippen LogP contribution in [0.3, 0.4) is 0 Å². The quantitative estimate of drug-likeness (QED) is 0.266. The zero-order chi connectivity index (χ0) is 29.0. The van der Waals surface area contributed by atoms with Crippen molar-refractivity contribution >= 4 is 17.1 Å². The Morgan fingerprint density at radius 1 is 1.27 bits per heavy atom. The number of carbonyl (C=O) groups excluding carboxylic acids is 1. The van der Waals surface area contributed by atoms with Gasteiger partial charge in [0.15, 0.2) is 5.58 Å². The molecule has 0 atom stereocenters. The van der Waals surface area contributed by atoms with Crippen molar-refractivity contribution in [3.63, 3.8) is 0 Å². The maximum Gasteiger partial charge on any atom is 0.411 e. The number of nitrogens with zero attached hydrogens (tertiary/aromatic N) is 4. The fraction of sp³-hybridized carbons (Fsp3) is 0.613. The lowest BCUT2D eigenvalue weighted by molar-refractivity contribution is -0.947. The monoisotopic (exact) mass is 568 g/mol. The molecule has 2 aliphatic rings. The molecule has 0 unspecified atom stereocenters. The van der Waals surface area contributed by atoms with Gasteiger partial charge < -0.3 is 14.6 Å². The predicted octanol–water partition coefficient (Wildman–Crippen LogP) is 5.23. The van der Waals surface area contributed by atoms with Gasteiger partial charge in [-0.1, -0.05) is 19.0 Å². The minimum absolute atomic E-state index is 0.0744. The zero-order valence-corrected chi connectivity index (χ0v) is 24.6. The van der Waals surface area contributed by atoms with E-state index in [4.69, 9.17) is 14.2 Å². The minimum atomic E-state index is -0.399. The first-order chi connectivity index (χ1) is 19.7. The summed E-state index contributed by atoms with van der Waals surface area (Å²) in [5.74, 6) is 1.30. The van der Waals surface area contributed by atoms with E-state index < -0.39 is 6.09 Å². The third-order valence-corrected chi connectivity index (χ3v) is 8.87. The van der Waals surface area contributed by atoms with Gasteiger partial charge in [-0.05, 0) is 50.7 Å². The van der Waals surface area contributed by atoms with Crippen LogP contribution in [-0.4, -0.2) is 58.2 Å². The number of hydrogen-bond acceptors (Lipinski definition) is 6. The Bertz CT molecular complexity index is 1420. The lowest BCUT2D eigenvalue weighted by atomic mass is 9.90. The van der Waals surface area contributed by atoms with Crippen LogP contribution in [0, 0.1) is 18.7 Å². The van der Waals surface area contributed by atoms with Crippen LogP contribution in [0.4, 0.5) is 9.18 Å². The summed E-state index contributed by atoms with van der Waals surface area (Å²) in [6.45, 7) is 10.0. The van der Waals surface area contributed by atoms with E-state index in [0.717, 1.165) is 92.7 Å². The Morgan fingerprint density at radius 3 is 2.85 bits per heavy atom. The smallest absolute Gasteiger partial charge is 0.399 e. The first kappa shape index (κ1) is 29.2. The standard InChI is InChI=1S/C31H42FN5O4/c1-21(2)7-6-14-33-31(39)40-20-37(18-13-25-22(3)34-28-8-4-5-15-36(28)30(25)38)16-11-23(12-17-37)29-26-10-9-24(32)19-27(26)41-35-29/h9-10,19,21,23H,4-8,11-18,20H2,1-3H3/p+1. The maximum absolute atomic E-state index is 13.7. The van der Waals surface area contributed by atoms with Crippen molar-refractivity contribution in [1.82, 2.24) is 20.0 Å². The number of ether oxygens (including phenoxy) is 1. The third-order valence-electron chi connectivity index (χ3n) is 8.87. The van der Waals surface area contributed by atoms with E-state index in [1.54, 1.807) is 6.07 Å². The number of likely N-dealkylation sites (tertiary alicyclic amines) is 1. The number of aryl methyl sites for hydroxylation is 2. The molecule has 0 spiro atoms. The molecule has 0 saturated carbocycles. The SMILES string of the molecule is Cc1nc2n(c(=O)c1CC[N+]1(COC(=O)NCCCC(C)C)CCC(c3noc4cc(F)ccc34)CC1)CCCC2. The fourth-order valence-corrected chi connectivity index (χ4v) is 6.35. The molecule has 5 rings (SSSR count). The number of aromatic nitrogens is 3. The van der Waals surface area contributed by atoms with Gasteiger partial charge in [-0.15, -0.1) is 0 Å². The molecule has 0 aliphatic carbocycles. The van der Waals surface area contributed by atoms with Crippen LogP contribution in [0.2, 0.25) is 0 Å². The molecule has 1 amide bonds. The summed E-state index contributed by atoms with van der Waals surface area (Å²) in [4.78, 5) is 30.8. The van der Waals surface area contributed by atoms with Crippen molar-refractivity contribution in [2.24, 2.45) is 5.92 Å². The van der Waals surface area contributed by atoms with Crippen LogP contribution >= 0.6 is 0 Å². The van der Waals surface area contributed by atoms with Crippen molar-refractivity contribution in [2.75, 3.05) is 32.9 Å². The highest BCUT2D eigenvalue weighted by atomic mass is 19.1. The van der Waals surface area contributed by atoms with Gasteiger partial charge in [0.2, 0.25) is 6.73 Å². The van der Waals surface area contributed by atoms with E-state index in [2.05, 4.69) is 24.3 Å². The Labute approximate surface area is 240 Å². The molecule has 4 heterocycles. The molecule has 2 aliphatic heterocycles. The van der Waals surface area contributed by atoms with Gasteiger partial charge in [-0.25, -0.2) is 14.2 Å². The summed E-state index contributed by atoms with van der Waals surface area (Å²) in [5.41, 5.74) is 2.96. The van der Waals surface area contributed by atoms with Crippen LogP contribution in [-0.2, 0) is 24.1 Å². The van der Waals surface area contributed by atoms with Crippen LogP contribution in [0.25, 0.3) is 11.0 Å². The molecule has 1 N–H and O–H groups in total. The van der Waals surface area contributed by atoms with Gasteiger partial charge in [0.25, 0.3) is 5.56 Å². The van der Waals surface area contributed by atoms with E-state index in [0.29, 0.717) is 35.5 Å². The van der Waals surface area contributed by atoms with Crippen LogP contribution in [0.5, 0.6) is 0 Å². The number of alkyl carbamates (subject to hydrolysis) is 1. The first-order valence-electron chi connectivity index (χ1n) is 15.1. The number of benzene rings is 1. The summed E-state index contributed by atoms with van der Waals surface area (Å²) in [7, 11) is 0. The van der Waals surface area contributed by atoms with Gasteiger partial charge in [0.05, 0.1) is 25.3 Å². The van der Waals surface area contributed by atoms with E-state index in [1.165, 1.54) is 12.1 Å². The topological polar surface area (TPSA) is 99.2 Å². The number of amides is 1. The second kappa shape index (κ2) is 12.7. The molecule has 1 fully saturated rings. The highest BCUT2D eigenvalue weighted by molar-refractivity contribution is 5.79. The number of rotatable bonds is 10. The number of piperidine rings is 1. The minimum Gasteiger partial charge on any atom is -0.399 e. The van der Waals surface area contributed by atoms with Gasteiger partial charge in [0, 0.05) is 67.4 Å². The van der Waals surface area contributed by atoms with Gasteiger partial charge in [-0.2, -0.15) is 0 Å². The van der Waals surface area contributed by atoms with E-state index >= 15 is 0 Å². The summed E-state index contributed by atoms with van der Waals surface area (Å²) >= 11 is 0.